The Morgan fingerprint density at radius 1 is 1.00 bits per heavy atom. The van der Waals surface area contributed by atoms with E-state index in [0.717, 1.165) is 11.3 Å². The van der Waals surface area contributed by atoms with Crippen LogP contribution in [-0.2, 0) is 0 Å². The molecule has 3 N–H and O–H groups in total. The average Bonchev–Trinajstić information content (AvgIpc) is 2.37. The fourth-order valence-corrected chi connectivity index (χ4v) is 1.57. The summed E-state index contributed by atoms with van der Waals surface area (Å²) in [6.45, 7) is 0. The second-order valence-electron chi connectivity index (χ2n) is 3.81. The summed E-state index contributed by atoms with van der Waals surface area (Å²) >= 11 is 0. The molecule has 0 aliphatic heterocycles. The normalized spacial score (nSPS) is 10.6. The molecule has 0 unspecified atom stereocenters. The van der Waals surface area contributed by atoms with Crippen molar-refractivity contribution in [3.05, 3.63) is 71.8 Å². The Kier molecular flexibility index (Phi) is 3.48. The maximum Gasteiger partial charge on any atom is 0.185 e. The van der Waals surface area contributed by atoms with Crippen molar-refractivity contribution in [2.24, 2.45) is 0 Å². The third-order valence-electron chi connectivity index (χ3n) is 2.44. The predicted octanol–water partition coefficient (Wildman–Crippen LogP) is 2.46. The van der Waals surface area contributed by atoms with Crippen LogP contribution >= 0.6 is 0 Å². The summed E-state index contributed by atoms with van der Waals surface area (Å²) in [6, 6.07) is 17.0. The minimum atomic E-state index is 0.0139. The number of hydrogen-bond acceptors (Lipinski definition) is 1. The van der Waals surface area contributed by atoms with Gasteiger partial charge in [0.25, 0.3) is 0 Å². The van der Waals surface area contributed by atoms with Crippen molar-refractivity contribution < 1.29 is 10.5 Å². The first kappa shape index (κ1) is 11.3. The third kappa shape index (κ3) is 3.13. The van der Waals surface area contributed by atoms with Gasteiger partial charge in [0.1, 0.15) is 5.69 Å². The molecule has 0 aromatic heterocycles. The van der Waals surface area contributed by atoms with Gasteiger partial charge in [0.2, 0.25) is 0 Å². The molecule has 84 valence electrons. The lowest BCUT2D eigenvalue weighted by Gasteiger charge is -1.95. The molecule has 0 bridgehead atoms. The largest absolute Gasteiger partial charge is 0.325 e. The minimum Gasteiger partial charge on any atom is -0.325 e. The molecule has 2 heteroatoms. The van der Waals surface area contributed by atoms with Crippen LogP contribution in [0.3, 0.4) is 0 Å². The lowest BCUT2D eigenvalue weighted by Crippen LogP contribution is -2.39. The van der Waals surface area contributed by atoms with Crippen LogP contribution < -0.4 is 5.73 Å². The molecule has 0 atom stereocenters. The van der Waals surface area contributed by atoms with Gasteiger partial charge in [0, 0.05) is 11.6 Å². The number of carbonyl (C=O) groups excluding carboxylic acids is 1. The zero-order chi connectivity index (χ0) is 12.1. The van der Waals surface area contributed by atoms with Gasteiger partial charge in [-0.15, -0.1) is 0 Å². The van der Waals surface area contributed by atoms with E-state index in [-0.39, 0.29) is 5.78 Å². The maximum absolute atomic E-state index is 11.8. The van der Waals surface area contributed by atoms with Crippen LogP contribution in [0.5, 0.6) is 0 Å². The first-order valence-corrected chi connectivity index (χ1v) is 5.45. The standard InChI is InChI=1S/C15H13NO/c16-14-8-4-5-12(11-14)9-10-15(17)13-6-2-1-3-7-13/h1-11H,16H2/p+1. The summed E-state index contributed by atoms with van der Waals surface area (Å²) in [6.07, 6.45) is 3.40. The van der Waals surface area contributed by atoms with Crippen molar-refractivity contribution in [1.29, 1.82) is 0 Å². The van der Waals surface area contributed by atoms with E-state index >= 15 is 0 Å². The fraction of sp³-hybridized carbons (Fsp3) is 0. The molecular formula is C15H14NO+. The molecule has 0 spiro atoms. The summed E-state index contributed by atoms with van der Waals surface area (Å²) in [5.74, 6) is 0.0139. The van der Waals surface area contributed by atoms with Gasteiger partial charge in [-0.05, 0) is 17.7 Å². The molecule has 0 aliphatic carbocycles. The minimum absolute atomic E-state index is 0.0139. The van der Waals surface area contributed by atoms with E-state index in [1.54, 1.807) is 6.08 Å². The van der Waals surface area contributed by atoms with E-state index in [4.69, 9.17) is 0 Å². The second kappa shape index (κ2) is 5.23. The van der Waals surface area contributed by atoms with Crippen LogP contribution in [0.15, 0.2) is 60.7 Å². The molecule has 0 saturated heterocycles. The van der Waals surface area contributed by atoms with E-state index in [1.807, 2.05) is 60.7 Å². The van der Waals surface area contributed by atoms with Gasteiger partial charge in [-0.25, -0.2) is 0 Å². The van der Waals surface area contributed by atoms with Gasteiger partial charge >= 0.3 is 0 Å². The summed E-state index contributed by atoms with van der Waals surface area (Å²) < 4.78 is 0. The molecule has 0 saturated carbocycles. The summed E-state index contributed by atoms with van der Waals surface area (Å²) in [5.41, 5.74) is 6.48. The molecule has 0 aliphatic rings. The molecule has 0 amide bonds. The van der Waals surface area contributed by atoms with Gasteiger partial charge in [-0.2, -0.15) is 0 Å². The highest BCUT2D eigenvalue weighted by molar-refractivity contribution is 6.06. The maximum atomic E-state index is 11.8. The average molecular weight is 224 g/mol. The fourth-order valence-electron chi connectivity index (χ4n) is 1.57. The van der Waals surface area contributed by atoms with Gasteiger partial charge in [-0.1, -0.05) is 48.5 Å². The smallest absolute Gasteiger partial charge is 0.185 e. The Labute approximate surface area is 100 Å². The summed E-state index contributed by atoms with van der Waals surface area (Å²) in [4.78, 5) is 11.8. The SMILES string of the molecule is [NH3+]c1cccc(C=CC(=O)c2ccccc2)c1. The lowest BCUT2D eigenvalue weighted by molar-refractivity contribution is -0.254. The van der Waals surface area contributed by atoms with Crippen LogP contribution in [0.4, 0.5) is 5.69 Å². The van der Waals surface area contributed by atoms with Gasteiger partial charge < -0.3 is 5.73 Å². The summed E-state index contributed by atoms with van der Waals surface area (Å²) in [5, 5.41) is 0. The van der Waals surface area contributed by atoms with Gasteiger partial charge in [0.05, 0.1) is 0 Å². The molecule has 2 aromatic rings. The molecule has 17 heavy (non-hydrogen) atoms. The summed E-state index contributed by atoms with van der Waals surface area (Å²) in [7, 11) is 0. The van der Waals surface area contributed by atoms with Crippen molar-refractivity contribution in [2.75, 3.05) is 0 Å². The molecular weight excluding hydrogens is 210 g/mol. The van der Waals surface area contributed by atoms with E-state index < -0.39 is 0 Å². The number of quaternary nitrogens is 1. The van der Waals surface area contributed by atoms with Crippen LogP contribution in [0.25, 0.3) is 6.08 Å². The Balaban J connectivity index is 2.14. The molecule has 0 fully saturated rings. The predicted molar refractivity (Wildman–Crippen MR) is 68.8 cm³/mol. The lowest BCUT2D eigenvalue weighted by atomic mass is 10.1. The second-order valence-corrected chi connectivity index (χ2v) is 3.81. The third-order valence-corrected chi connectivity index (χ3v) is 2.44. The highest BCUT2D eigenvalue weighted by Crippen LogP contribution is 2.08. The molecule has 2 nitrogen and oxygen atoms in total. The molecule has 0 heterocycles. The monoisotopic (exact) mass is 224 g/mol. The topological polar surface area (TPSA) is 44.7 Å². The Bertz CT molecular complexity index is 544. The van der Waals surface area contributed by atoms with Crippen LogP contribution in [-0.4, -0.2) is 5.78 Å². The zero-order valence-corrected chi connectivity index (χ0v) is 9.47. The van der Waals surface area contributed by atoms with E-state index in [9.17, 15) is 4.79 Å². The molecule has 2 rings (SSSR count). The van der Waals surface area contributed by atoms with Crippen LogP contribution in [0.1, 0.15) is 15.9 Å². The van der Waals surface area contributed by atoms with E-state index in [2.05, 4.69) is 5.73 Å². The number of allylic oxidation sites excluding steroid dienone is 1. The Morgan fingerprint density at radius 2 is 1.76 bits per heavy atom. The Morgan fingerprint density at radius 3 is 2.47 bits per heavy atom. The van der Waals surface area contributed by atoms with Crippen molar-refractivity contribution in [2.45, 2.75) is 0 Å². The van der Waals surface area contributed by atoms with Crippen molar-refractivity contribution >= 4 is 17.5 Å². The van der Waals surface area contributed by atoms with Crippen molar-refractivity contribution in [3.8, 4) is 0 Å². The Hall–Kier alpha value is -2.19. The number of hydrogen-bond donors (Lipinski definition) is 1. The quantitative estimate of drug-likeness (QED) is 0.631. The number of benzene rings is 2. The number of carbonyl (C=O) groups is 1. The van der Waals surface area contributed by atoms with Gasteiger partial charge in [-0.3, -0.25) is 4.79 Å². The highest BCUT2D eigenvalue weighted by Gasteiger charge is 1.99. The first-order valence-electron chi connectivity index (χ1n) is 5.45. The molecule has 0 radical (unpaired) electrons. The van der Waals surface area contributed by atoms with Crippen LogP contribution in [0.2, 0.25) is 0 Å². The number of rotatable bonds is 3. The zero-order valence-electron chi connectivity index (χ0n) is 9.47. The van der Waals surface area contributed by atoms with Crippen molar-refractivity contribution in [1.82, 2.24) is 0 Å². The van der Waals surface area contributed by atoms with E-state index in [1.165, 1.54) is 0 Å². The van der Waals surface area contributed by atoms with E-state index in [0.29, 0.717) is 5.56 Å². The first-order chi connectivity index (χ1) is 8.25. The highest BCUT2D eigenvalue weighted by atomic mass is 16.1. The van der Waals surface area contributed by atoms with Crippen LogP contribution in [0, 0.1) is 0 Å². The van der Waals surface area contributed by atoms with Gasteiger partial charge in [0.15, 0.2) is 5.78 Å². The van der Waals surface area contributed by atoms with Crippen molar-refractivity contribution in [3.63, 3.8) is 0 Å². The molecule has 2 aromatic carbocycles. The number of ketones is 1.